The molecule has 0 atom stereocenters. The van der Waals surface area contributed by atoms with E-state index in [1.54, 1.807) is 0 Å². The van der Waals surface area contributed by atoms with E-state index < -0.39 is 0 Å². The summed E-state index contributed by atoms with van der Waals surface area (Å²) in [4.78, 5) is 8.99. The summed E-state index contributed by atoms with van der Waals surface area (Å²) in [5.74, 6) is 0.704. The largest absolute Gasteiger partial charge is 0.399 e. The normalized spacial score (nSPS) is 11.3. The maximum absolute atomic E-state index is 6.39. The molecule has 3 aromatic heterocycles. The van der Waals surface area contributed by atoms with Gasteiger partial charge in [0.1, 0.15) is 5.52 Å². The number of nitrogen functional groups attached to an aromatic ring is 2. The van der Waals surface area contributed by atoms with Crippen LogP contribution in [-0.2, 0) is 6.54 Å². The minimum atomic E-state index is 0.171. The summed E-state index contributed by atoms with van der Waals surface area (Å²) in [7, 11) is 0. The van der Waals surface area contributed by atoms with Crippen molar-refractivity contribution >= 4 is 34.1 Å². The molecule has 0 radical (unpaired) electrons. The zero-order valence-corrected chi connectivity index (χ0v) is 14.0. The highest BCUT2D eigenvalue weighted by Crippen LogP contribution is 2.32. The second kappa shape index (κ2) is 5.75. The number of benzene rings is 1. The summed E-state index contributed by atoms with van der Waals surface area (Å²) >= 11 is 6.39. The molecule has 0 bridgehead atoms. The van der Waals surface area contributed by atoms with Gasteiger partial charge in [-0.15, -0.1) is 0 Å². The van der Waals surface area contributed by atoms with E-state index in [-0.39, 0.29) is 5.82 Å². The Kier molecular flexibility index (Phi) is 3.54. The van der Waals surface area contributed by atoms with E-state index in [2.05, 4.69) is 20.3 Å². The molecule has 0 saturated carbocycles. The second-order valence-electron chi connectivity index (χ2n) is 5.47. The van der Waals surface area contributed by atoms with Crippen molar-refractivity contribution in [3.63, 3.8) is 0 Å². The number of aromatic nitrogens is 5. The minimum Gasteiger partial charge on any atom is -0.399 e. The van der Waals surface area contributed by atoms with E-state index in [1.807, 2.05) is 41.8 Å². The average molecular weight is 356 g/mol. The van der Waals surface area contributed by atoms with Crippen LogP contribution in [0.2, 0.25) is 5.15 Å². The SMILES string of the molecule is CCn1c(-c2nonc2N)nc2c(Cl)nc(-c3cccc(N)c3)cc21. The van der Waals surface area contributed by atoms with Crippen molar-refractivity contribution in [1.82, 2.24) is 24.8 Å². The smallest absolute Gasteiger partial charge is 0.199 e. The van der Waals surface area contributed by atoms with Crippen molar-refractivity contribution in [2.24, 2.45) is 0 Å². The van der Waals surface area contributed by atoms with Crippen LogP contribution in [0, 0.1) is 0 Å². The van der Waals surface area contributed by atoms with Gasteiger partial charge < -0.3 is 16.0 Å². The van der Waals surface area contributed by atoms with Crippen LogP contribution in [0.1, 0.15) is 6.92 Å². The summed E-state index contributed by atoms with van der Waals surface area (Å²) < 4.78 is 6.63. The maximum atomic E-state index is 6.39. The lowest BCUT2D eigenvalue weighted by atomic mass is 10.1. The first-order valence-corrected chi connectivity index (χ1v) is 7.97. The lowest BCUT2D eigenvalue weighted by Crippen LogP contribution is -2.00. The summed E-state index contributed by atoms with van der Waals surface area (Å²) in [5.41, 5.74) is 15.7. The number of imidazole rings is 1. The quantitative estimate of drug-likeness (QED) is 0.428. The van der Waals surface area contributed by atoms with Crippen molar-refractivity contribution in [3.05, 3.63) is 35.5 Å². The molecule has 9 heteroatoms. The highest BCUT2D eigenvalue weighted by atomic mass is 35.5. The van der Waals surface area contributed by atoms with Gasteiger partial charge in [-0.3, -0.25) is 0 Å². The molecule has 4 rings (SSSR count). The molecule has 126 valence electrons. The van der Waals surface area contributed by atoms with Gasteiger partial charge in [-0.2, -0.15) is 0 Å². The number of nitrogens with zero attached hydrogens (tertiary/aromatic N) is 5. The van der Waals surface area contributed by atoms with Crippen LogP contribution in [0.15, 0.2) is 35.0 Å². The Morgan fingerprint density at radius 3 is 2.68 bits per heavy atom. The summed E-state index contributed by atoms with van der Waals surface area (Å²) in [6, 6.07) is 9.37. The van der Waals surface area contributed by atoms with Gasteiger partial charge in [0.25, 0.3) is 0 Å². The van der Waals surface area contributed by atoms with E-state index in [0.717, 1.165) is 11.1 Å². The van der Waals surface area contributed by atoms with Crippen LogP contribution in [0.3, 0.4) is 0 Å². The summed E-state index contributed by atoms with van der Waals surface area (Å²) in [6.45, 7) is 2.62. The van der Waals surface area contributed by atoms with Gasteiger partial charge >= 0.3 is 0 Å². The van der Waals surface area contributed by atoms with Gasteiger partial charge in [0.15, 0.2) is 22.5 Å². The topological polar surface area (TPSA) is 122 Å². The number of anilines is 2. The molecule has 0 spiro atoms. The lowest BCUT2D eigenvalue weighted by Gasteiger charge is -2.06. The number of fused-ring (bicyclic) bond motifs is 1. The van der Waals surface area contributed by atoms with E-state index in [4.69, 9.17) is 27.7 Å². The molecule has 4 aromatic rings. The van der Waals surface area contributed by atoms with Crippen molar-refractivity contribution < 1.29 is 4.63 Å². The Hall–Kier alpha value is -3.13. The Bertz CT molecular complexity index is 1090. The lowest BCUT2D eigenvalue weighted by molar-refractivity contribution is 0.310. The molecular weight excluding hydrogens is 342 g/mol. The molecule has 0 fully saturated rings. The van der Waals surface area contributed by atoms with Gasteiger partial charge in [0, 0.05) is 17.8 Å². The molecule has 0 aliphatic heterocycles. The first-order chi connectivity index (χ1) is 12.1. The maximum Gasteiger partial charge on any atom is 0.199 e. The molecule has 25 heavy (non-hydrogen) atoms. The van der Waals surface area contributed by atoms with Crippen LogP contribution in [0.5, 0.6) is 0 Å². The number of rotatable bonds is 3. The Labute approximate surface area is 147 Å². The number of hydrogen-bond donors (Lipinski definition) is 2. The third-order valence-electron chi connectivity index (χ3n) is 3.92. The van der Waals surface area contributed by atoms with Crippen molar-refractivity contribution in [2.75, 3.05) is 11.5 Å². The van der Waals surface area contributed by atoms with Gasteiger partial charge in [-0.05, 0) is 35.4 Å². The molecule has 0 amide bonds. The molecule has 4 N–H and O–H groups in total. The Morgan fingerprint density at radius 2 is 2.00 bits per heavy atom. The monoisotopic (exact) mass is 355 g/mol. The summed E-state index contributed by atoms with van der Waals surface area (Å²) in [6.07, 6.45) is 0. The van der Waals surface area contributed by atoms with Gasteiger partial charge in [0.2, 0.25) is 0 Å². The second-order valence-corrected chi connectivity index (χ2v) is 5.83. The van der Waals surface area contributed by atoms with Crippen molar-refractivity contribution in [2.45, 2.75) is 13.5 Å². The van der Waals surface area contributed by atoms with E-state index in [1.165, 1.54) is 0 Å². The predicted molar refractivity (Wildman–Crippen MR) is 95.8 cm³/mol. The van der Waals surface area contributed by atoms with Gasteiger partial charge in [0.05, 0.1) is 11.2 Å². The standard InChI is InChI=1S/C16H14ClN7O/c1-2-24-11-7-10(8-4-3-5-9(18)6-8)20-14(17)12(11)21-16(24)13-15(19)23-25-22-13/h3-7H,2,18H2,1H3,(H2,19,23). The van der Waals surface area contributed by atoms with Crippen molar-refractivity contribution in [3.8, 4) is 22.8 Å². The fourth-order valence-electron chi connectivity index (χ4n) is 2.78. The molecule has 0 unspecified atom stereocenters. The molecule has 0 aliphatic rings. The molecule has 8 nitrogen and oxygen atoms in total. The molecule has 3 heterocycles. The average Bonchev–Trinajstić information content (AvgIpc) is 3.17. The van der Waals surface area contributed by atoms with Crippen LogP contribution in [0.4, 0.5) is 11.5 Å². The van der Waals surface area contributed by atoms with Crippen LogP contribution >= 0.6 is 11.6 Å². The highest BCUT2D eigenvalue weighted by Gasteiger charge is 2.21. The highest BCUT2D eigenvalue weighted by molar-refractivity contribution is 6.34. The Balaban J connectivity index is 1.98. The fraction of sp³-hybridized carbons (Fsp3) is 0.125. The first-order valence-electron chi connectivity index (χ1n) is 7.59. The zero-order chi connectivity index (χ0) is 17.6. The molecule has 0 saturated heterocycles. The van der Waals surface area contributed by atoms with Crippen LogP contribution in [0.25, 0.3) is 33.8 Å². The molecule has 1 aromatic carbocycles. The molecular formula is C16H14ClN7O. The third kappa shape index (κ3) is 2.47. The minimum absolute atomic E-state index is 0.171. The van der Waals surface area contributed by atoms with Gasteiger partial charge in [-0.1, -0.05) is 23.7 Å². The number of nitrogens with two attached hydrogens (primary N) is 2. The number of aryl methyl sites for hydroxylation is 1. The van der Waals surface area contributed by atoms with Gasteiger partial charge in [-0.25, -0.2) is 14.6 Å². The van der Waals surface area contributed by atoms with Crippen molar-refractivity contribution in [1.29, 1.82) is 0 Å². The van der Waals surface area contributed by atoms with E-state index >= 15 is 0 Å². The number of hydrogen-bond acceptors (Lipinski definition) is 7. The van der Waals surface area contributed by atoms with E-state index in [0.29, 0.717) is 40.1 Å². The number of halogens is 1. The summed E-state index contributed by atoms with van der Waals surface area (Å²) in [5, 5.41) is 7.74. The number of pyridine rings is 1. The fourth-order valence-corrected chi connectivity index (χ4v) is 3.01. The van der Waals surface area contributed by atoms with Crippen LogP contribution in [-0.4, -0.2) is 24.8 Å². The van der Waals surface area contributed by atoms with E-state index in [9.17, 15) is 0 Å². The first kappa shape index (κ1) is 15.4. The van der Waals surface area contributed by atoms with Crippen LogP contribution < -0.4 is 11.5 Å². The Morgan fingerprint density at radius 1 is 1.16 bits per heavy atom. The molecule has 0 aliphatic carbocycles. The third-order valence-corrected chi connectivity index (χ3v) is 4.18. The predicted octanol–water partition coefficient (Wildman–Crippen LogP) is 2.99. The zero-order valence-electron chi connectivity index (χ0n) is 13.3.